The summed E-state index contributed by atoms with van der Waals surface area (Å²) < 4.78 is 37.4. The molecule has 8 heteroatoms. The molecule has 1 aliphatic carbocycles. The van der Waals surface area contributed by atoms with Crippen LogP contribution in [-0.2, 0) is 14.5 Å². The highest BCUT2D eigenvalue weighted by Crippen LogP contribution is 2.47. The lowest BCUT2D eigenvalue weighted by molar-refractivity contribution is 0.0949. The molecule has 0 aromatic heterocycles. The highest BCUT2D eigenvalue weighted by Gasteiger charge is 2.44. The fourth-order valence-corrected chi connectivity index (χ4v) is 3.97. The zero-order chi connectivity index (χ0) is 18.2. The summed E-state index contributed by atoms with van der Waals surface area (Å²) in [7, 11) is 0.959. The Bertz CT molecular complexity index is 927. The average Bonchev–Trinajstić information content (AvgIpc) is 3.33. The highest BCUT2D eigenvalue weighted by atomic mass is 127. The minimum absolute atomic E-state index is 0.0555. The lowest BCUT2D eigenvalue weighted by Gasteiger charge is -2.17. The van der Waals surface area contributed by atoms with Crippen LogP contribution in [0.3, 0.4) is 0 Å². The van der Waals surface area contributed by atoms with Gasteiger partial charge in [-0.25, -0.2) is 12.8 Å². The number of carbonyl (C=O) groups excluding carboxylic acids is 1. The van der Waals surface area contributed by atoms with E-state index in [0.29, 0.717) is 6.54 Å². The fourth-order valence-electron chi connectivity index (χ4n) is 2.71. The van der Waals surface area contributed by atoms with Crippen LogP contribution in [-0.4, -0.2) is 20.9 Å². The van der Waals surface area contributed by atoms with Gasteiger partial charge in [0.25, 0.3) is 15.0 Å². The van der Waals surface area contributed by atoms with Crippen LogP contribution in [0.1, 0.15) is 28.8 Å². The molecule has 25 heavy (non-hydrogen) atoms. The van der Waals surface area contributed by atoms with E-state index in [0.717, 1.165) is 28.5 Å². The molecule has 0 unspecified atom stereocenters. The van der Waals surface area contributed by atoms with Crippen molar-refractivity contribution in [1.29, 1.82) is 0 Å². The Hall–Kier alpha value is -1.19. The van der Waals surface area contributed by atoms with Crippen molar-refractivity contribution < 1.29 is 17.6 Å². The maximum Gasteiger partial charge on any atom is 0.264 e. The van der Waals surface area contributed by atoms with Crippen LogP contribution < -0.4 is 5.32 Å². The highest BCUT2D eigenvalue weighted by molar-refractivity contribution is 14.1. The summed E-state index contributed by atoms with van der Waals surface area (Å²) in [5.74, 6) is -1.49. The third-order valence-electron chi connectivity index (χ3n) is 4.35. The van der Waals surface area contributed by atoms with Crippen LogP contribution in [0.4, 0.5) is 4.39 Å². The van der Waals surface area contributed by atoms with Gasteiger partial charge in [0.2, 0.25) is 0 Å². The Kier molecular flexibility index (Phi) is 5.09. The molecule has 132 valence electrons. The molecule has 2 aromatic carbocycles. The van der Waals surface area contributed by atoms with E-state index in [9.17, 15) is 17.6 Å². The molecule has 0 atom stereocenters. The maximum absolute atomic E-state index is 13.9. The second-order valence-corrected chi connectivity index (χ2v) is 9.83. The van der Waals surface area contributed by atoms with Crippen LogP contribution in [0.15, 0.2) is 47.4 Å². The molecule has 0 heterocycles. The van der Waals surface area contributed by atoms with Gasteiger partial charge in [-0.2, -0.15) is 0 Å². The molecule has 1 fully saturated rings. The first-order valence-corrected chi connectivity index (χ1v) is 10.9. The van der Waals surface area contributed by atoms with Crippen molar-refractivity contribution in [1.82, 2.24) is 5.32 Å². The summed E-state index contributed by atoms with van der Waals surface area (Å²) in [5.41, 5.74) is 1.15. The van der Waals surface area contributed by atoms with Gasteiger partial charge < -0.3 is 5.32 Å². The fraction of sp³-hybridized carbons (Fsp3) is 0.235. The number of amides is 1. The molecule has 2 aromatic rings. The molecule has 1 N–H and O–H groups in total. The molecule has 0 aliphatic heterocycles. The normalized spacial score (nSPS) is 15.6. The van der Waals surface area contributed by atoms with Crippen LogP contribution in [0.2, 0.25) is 0 Å². The first-order chi connectivity index (χ1) is 11.7. The Morgan fingerprint density at radius 1 is 1.20 bits per heavy atom. The summed E-state index contributed by atoms with van der Waals surface area (Å²) in [4.78, 5) is 11.6. The summed E-state index contributed by atoms with van der Waals surface area (Å²) in [5, 5.41) is 2.81. The third-order valence-corrected chi connectivity index (χ3v) is 6.43. The predicted molar refractivity (Wildman–Crippen MR) is 102 cm³/mol. The third kappa shape index (κ3) is 4.15. The van der Waals surface area contributed by atoms with Crippen molar-refractivity contribution in [3.63, 3.8) is 0 Å². The van der Waals surface area contributed by atoms with Crippen molar-refractivity contribution in [3.8, 4) is 0 Å². The minimum Gasteiger partial charge on any atom is -0.351 e. The Morgan fingerprint density at radius 3 is 2.36 bits per heavy atom. The van der Waals surface area contributed by atoms with E-state index >= 15 is 0 Å². The van der Waals surface area contributed by atoms with Crippen molar-refractivity contribution in [2.24, 2.45) is 0 Å². The lowest BCUT2D eigenvalue weighted by Crippen LogP contribution is -2.32. The first-order valence-electron chi connectivity index (χ1n) is 7.50. The predicted octanol–water partition coefficient (Wildman–Crippen LogP) is 3.82. The lowest BCUT2D eigenvalue weighted by atomic mass is 9.96. The molecule has 3 rings (SSSR count). The molecule has 0 bridgehead atoms. The topological polar surface area (TPSA) is 63.2 Å². The van der Waals surface area contributed by atoms with Gasteiger partial charge in [-0.1, -0.05) is 12.1 Å². The molecular formula is C17H14ClFINO3S. The first kappa shape index (κ1) is 18.6. The van der Waals surface area contributed by atoms with Crippen LogP contribution in [0.25, 0.3) is 0 Å². The molecule has 0 saturated heterocycles. The van der Waals surface area contributed by atoms with Crippen molar-refractivity contribution >= 4 is 48.2 Å². The Morgan fingerprint density at radius 2 is 1.84 bits per heavy atom. The number of hydrogen-bond acceptors (Lipinski definition) is 3. The molecule has 0 spiro atoms. The van der Waals surface area contributed by atoms with E-state index in [-0.39, 0.29) is 11.0 Å². The van der Waals surface area contributed by atoms with E-state index in [1.165, 1.54) is 11.6 Å². The molecule has 4 nitrogen and oxygen atoms in total. The maximum atomic E-state index is 13.9. The van der Waals surface area contributed by atoms with Crippen molar-refractivity contribution in [2.45, 2.75) is 23.2 Å². The van der Waals surface area contributed by atoms with Gasteiger partial charge in [0.1, 0.15) is 10.7 Å². The Balaban J connectivity index is 1.71. The van der Waals surface area contributed by atoms with Gasteiger partial charge >= 0.3 is 0 Å². The summed E-state index contributed by atoms with van der Waals surface area (Å²) in [6, 6.07) is 11.3. The smallest absolute Gasteiger partial charge is 0.264 e. The van der Waals surface area contributed by atoms with Gasteiger partial charge in [0.15, 0.2) is 0 Å². The van der Waals surface area contributed by atoms with Gasteiger partial charge in [0, 0.05) is 31.8 Å². The summed E-state index contributed by atoms with van der Waals surface area (Å²) in [6.07, 6.45) is 1.96. The van der Waals surface area contributed by atoms with Gasteiger partial charge in [-0.15, -0.1) is 0 Å². The van der Waals surface area contributed by atoms with E-state index in [2.05, 4.69) is 40.0 Å². The zero-order valence-electron chi connectivity index (χ0n) is 12.9. The molecular weight excluding hydrogens is 480 g/mol. The van der Waals surface area contributed by atoms with Crippen LogP contribution in [0.5, 0.6) is 0 Å². The average molecular weight is 494 g/mol. The molecule has 0 radical (unpaired) electrons. The quantitative estimate of drug-likeness (QED) is 0.509. The monoisotopic (exact) mass is 493 g/mol. The molecule has 1 aliphatic rings. The number of hydrogen-bond donors (Lipinski definition) is 1. The van der Waals surface area contributed by atoms with Crippen molar-refractivity contribution in [2.75, 3.05) is 6.54 Å². The second-order valence-electron chi connectivity index (χ2n) is 6.05. The Labute approximate surface area is 163 Å². The molecule has 1 amide bonds. The van der Waals surface area contributed by atoms with Gasteiger partial charge in [-0.3, -0.25) is 4.79 Å². The SMILES string of the molecule is O=C(NCC1(c2ccc(I)cc2)CC1)c1ccc(S(=O)(=O)Cl)c(F)c1. The minimum atomic E-state index is -4.18. The van der Waals surface area contributed by atoms with E-state index in [1.54, 1.807) is 0 Å². The van der Waals surface area contributed by atoms with Gasteiger partial charge in [-0.05, 0) is 71.3 Å². The van der Waals surface area contributed by atoms with Gasteiger partial charge in [0.05, 0.1) is 0 Å². The van der Waals surface area contributed by atoms with Crippen LogP contribution >= 0.6 is 33.3 Å². The number of carbonyl (C=O) groups is 1. The largest absolute Gasteiger partial charge is 0.351 e. The summed E-state index contributed by atoms with van der Waals surface area (Å²) in [6.45, 7) is 0.448. The van der Waals surface area contributed by atoms with E-state index < -0.39 is 25.7 Å². The zero-order valence-corrected chi connectivity index (χ0v) is 16.7. The standard InChI is InChI=1S/C17H14ClFINO3S/c18-25(23,24)15-6-1-11(9-14(15)19)16(22)21-10-17(7-8-17)12-2-4-13(20)5-3-12/h1-6,9H,7-8,10H2,(H,21,22). The number of halogens is 3. The van der Waals surface area contributed by atoms with E-state index in [1.807, 2.05) is 12.1 Å². The van der Waals surface area contributed by atoms with Crippen molar-refractivity contribution in [3.05, 3.63) is 63.0 Å². The number of nitrogens with one attached hydrogen (secondary N) is 1. The van der Waals surface area contributed by atoms with E-state index in [4.69, 9.17) is 10.7 Å². The number of rotatable bonds is 5. The second kappa shape index (κ2) is 6.85. The number of benzene rings is 2. The van der Waals surface area contributed by atoms with Crippen LogP contribution in [0, 0.1) is 9.39 Å². The summed E-state index contributed by atoms with van der Waals surface area (Å²) >= 11 is 2.24. The molecule has 1 saturated carbocycles.